The third kappa shape index (κ3) is 4.64. The van der Waals surface area contributed by atoms with Gasteiger partial charge in [0.05, 0.1) is 15.5 Å². The number of amides is 1. The number of sulfonamides is 1. The molecule has 3 rings (SSSR count). The quantitative estimate of drug-likeness (QED) is 0.452. The van der Waals surface area contributed by atoms with E-state index in [-0.39, 0.29) is 27.5 Å². The predicted molar refractivity (Wildman–Crippen MR) is 114 cm³/mol. The van der Waals surface area contributed by atoms with Crippen LogP contribution in [0.2, 0.25) is 0 Å². The Labute approximate surface area is 173 Å². The molecule has 3 aromatic rings. The van der Waals surface area contributed by atoms with Crippen molar-refractivity contribution in [3.8, 4) is 0 Å². The minimum atomic E-state index is -3.83. The van der Waals surface area contributed by atoms with Gasteiger partial charge in [0.25, 0.3) is 21.6 Å². The second-order valence-electron chi connectivity index (χ2n) is 6.66. The van der Waals surface area contributed by atoms with Crippen molar-refractivity contribution in [3.63, 3.8) is 0 Å². The molecule has 0 saturated carbocycles. The van der Waals surface area contributed by atoms with Gasteiger partial charge in [0.2, 0.25) is 0 Å². The van der Waals surface area contributed by atoms with Crippen molar-refractivity contribution in [3.05, 3.63) is 93.5 Å². The largest absolute Gasteiger partial charge is 0.322 e. The summed E-state index contributed by atoms with van der Waals surface area (Å²) in [7, 11) is -3.83. The number of carbonyl (C=O) groups excluding carboxylic acids is 1. The molecule has 0 unspecified atom stereocenters. The molecule has 0 fully saturated rings. The minimum absolute atomic E-state index is 0.110. The number of benzene rings is 3. The Balaban J connectivity index is 1.85. The number of carbonyl (C=O) groups is 1. The number of nitro groups is 1. The third-order valence-electron chi connectivity index (χ3n) is 4.47. The van der Waals surface area contributed by atoms with E-state index in [1.165, 1.54) is 36.4 Å². The molecule has 0 atom stereocenters. The number of non-ortho nitro benzene ring substituents is 1. The molecule has 0 aliphatic carbocycles. The molecule has 0 radical (unpaired) electrons. The molecule has 1 amide bonds. The summed E-state index contributed by atoms with van der Waals surface area (Å²) >= 11 is 0. The molecule has 2 N–H and O–H groups in total. The first-order valence-corrected chi connectivity index (χ1v) is 10.4. The molecule has 0 aliphatic rings. The van der Waals surface area contributed by atoms with Crippen LogP contribution < -0.4 is 10.0 Å². The molecule has 8 nitrogen and oxygen atoms in total. The van der Waals surface area contributed by atoms with Crippen LogP contribution in [0.3, 0.4) is 0 Å². The van der Waals surface area contributed by atoms with Gasteiger partial charge in [-0.05, 0) is 49.7 Å². The number of nitrogens with one attached hydrogen (secondary N) is 2. The molecule has 3 aromatic carbocycles. The highest BCUT2D eigenvalue weighted by Gasteiger charge is 2.18. The van der Waals surface area contributed by atoms with Gasteiger partial charge in [-0.1, -0.05) is 29.8 Å². The summed E-state index contributed by atoms with van der Waals surface area (Å²) in [6, 6.07) is 16.6. The number of aryl methyl sites for hydroxylation is 1. The van der Waals surface area contributed by atoms with Crippen molar-refractivity contribution in [2.24, 2.45) is 0 Å². The van der Waals surface area contributed by atoms with Gasteiger partial charge in [-0.3, -0.25) is 19.6 Å². The summed E-state index contributed by atoms with van der Waals surface area (Å²) in [6.45, 7) is 3.48. The number of anilines is 2. The highest BCUT2D eigenvalue weighted by Crippen LogP contribution is 2.24. The van der Waals surface area contributed by atoms with E-state index in [0.29, 0.717) is 5.56 Å². The van der Waals surface area contributed by atoms with Crippen molar-refractivity contribution >= 4 is 33.0 Å². The molecular formula is C21H19N3O5S. The summed E-state index contributed by atoms with van der Waals surface area (Å²) in [4.78, 5) is 23.1. The van der Waals surface area contributed by atoms with E-state index in [4.69, 9.17) is 0 Å². The van der Waals surface area contributed by atoms with Crippen molar-refractivity contribution in [2.45, 2.75) is 18.7 Å². The average Bonchev–Trinajstić information content (AvgIpc) is 2.70. The van der Waals surface area contributed by atoms with E-state index in [1.54, 1.807) is 37.3 Å². The van der Waals surface area contributed by atoms with E-state index < -0.39 is 20.9 Å². The number of nitro benzene ring substituents is 1. The first-order valence-electron chi connectivity index (χ1n) is 8.92. The van der Waals surface area contributed by atoms with Gasteiger partial charge in [0.15, 0.2) is 0 Å². The molecule has 0 bridgehead atoms. The molecule has 9 heteroatoms. The zero-order valence-electron chi connectivity index (χ0n) is 16.2. The Morgan fingerprint density at radius 3 is 2.30 bits per heavy atom. The summed E-state index contributed by atoms with van der Waals surface area (Å²) in [5, 5.41) is 13.5. The van der Waals surface area contributed by atoms with Crippen LogP contribution in [0.25, 0.3) is 0 Å². The first kappa shape index (κ1) is 21.0. The van der Waals surface area contributed by atoms with Crippen molar-refractivity contribution in [2.75, 3.05) is 10.0 Å². The SMILES string of the molecule is Cc1ccc(S(=O)(=O)Nc2cccc(C(=O)Nc3cccc([N+](=O)[O-])c3)c2C)cc1. The Hall–Kier alpha value is -3.72. The van der Waals surface area contributed by atoms with Crippen LogP contribution in [0.5, 0.6) is 0 Å². The lowest BCUT2D eigenvalue weighted by atomic mass is 10.1. The average molecular weight is 425 g/mol. The summed E-state index contributed by atoms with van der Waals surface area (Å²) in [6.07, 6.45) is 0. The van der Waals surface area contributed by atoms with Crippen LogP contribution in [0.15, 0.2) is 71.6 Å². The molecule has 0 heterocycles. The van der Waals surface area contributed by atoms with Gasteiger partial charge in [0, 0.05) is 23.4 Å². The second kappa shape index (κ2) is 8.34. The van der Waals surface area contributed by atoms with Crippen molar-refractivity contribution in [1.29, 1.82) is 0 Å². The van der Waals surface area contributed by atoms with E-state index in [0.717, 1.165) is 5.56 Å². The van der Waals surface area contributed by atoms with E-state index >= 15 is 0 Å². The van der Waals surface area contributed by atoms with Crippen LogP contribution in [-0.2, 0) is 10.0 Å². The predicted octanol–water partition coefficient (Wildman–Crippen LogP) is 4.26. The Morgan fingerprint density at radius 2 is 1.63 bits per heavy atom. The Morgan fingerprint density at radius 1 is 0.967 bits per heavy atom. The fraction of sp³-hybridized carbons (Fsp3) is 0.0952. The van der Waals surface area contributed by atoms with E-state index in [2.05, 4.69) is 10.0 Å². The van der Waals surface area contributed by atoms with Crippen LogP contribution in [0.1, 0.15) is 21.5 Å². The second-order valence-corrected chi connectivity index (χ2v) is 8.34. The molecule has 154 valence electrons. The molecule has 0 aromatic heterocycles. The number of hydrogen-bond acceptors (Lipinski definition) is 5. The van der Waals surface area contributed by atoms with Gasteiger partial charge in [0.1, 0.15) is 0 Å². The first-order chi connectivity index (χ1) is 14.2. The number of nitrogens with zero attached hydrogens (tertiary/aromatic N) is 1. The lowest BCUT2D eigenvalue weighted by molar-refractivity contribution is -0.384. The van der Waals surface area contributed by atoms with Gasteiger partial charge < -0.3 is 5.32 Å². The van der Waals surface area contributed by atoms with Crippen LogP contribution in [0, 0.1) is 24.0 Å². The van der Waals surface area contributed by atoms with Crippen LogP contribution in [0.4, 0.5) is 17.1 Å². The topological polar surface area (TPSA) is 118 Å². The maximum atomic E-state index is 12.7. The highest BCUT2D eigenvalue weighted by atomic mass is 32.2. The lowest BCUT2D eigenvalue weighted by Crippen LogP contribution is -2.17. The summed E-state index contributed by atoms with van der Waals surface area (Å²) in [5.74, 6) is -0.510. The van der Waals surface area contributed by atoms with E-state index in [9.17, 15) is 23.3 Å². The minimum Gasteiger partial charge on any atom is -0.322 e. The smallest absolute Gasteiger partial charge is 0.271 e. The Bertz CT molecular complexity index is 1220. The van der Waals surface area contributed by atoms with Crippen LogP contribution >= 0.6 is 0 Å². The molecule has 30 heavy (non-hydrogen) atoms. The van der Waals surface area contributed by atoms with Gasteiger partial charge >= 0.3 is 0 Å². The fourth-order valence-electron chi connectivity index (χ4n) is 2.81. The number of rotatable bonds is 6. The normalized spacial score (nSPS) is 11.0. The number of hydrogen-bond donors (Lipinski definition) is 2. The monoisotopic (exact) mass is 425 g/mol. The van der Waals surface area contributed by atoms with Crippen molar-refractivity contribution in [1.82, 2.24) is 0 Å². The molecular weight excluding hydrogens is 406 g/mol. The standard InChI is InChI=1S/C21H19N3O5S/c1-14-9-11-18(12-10-14)30(28,29)23-20-8-4-7-19(15(20)2)21(25)22-16-5-3-6-17(13-16)24(26)27/h3-13,23H,1-2H3,(H,22,25). The van der Waals surface area contributed by atoms with Crippen LogP contribution in [-0.4, -0.2) is 19.2 Å². The van der Waals surface area contributed by atoms with E-state index in [1.807, 2.05) is 6.92 Å². The molecule has 0 spiro atoms. The summed E-state index contributed by atoms with van der Waals surface area (Å²) < 4.78 is 27.8. The zero-order chi connectivity index (χ0) is 21.9. The molecule has 0 aliphatic heterocycles. The Kier molecular flexibility index (Phi) is 5.84. The lowest BCUT2D eigenvalue weighted by Gasteiger charge is -2.14. The fourth-order valence-corrected chi connectivity index (χ4v) is 3.93. The molecule has 0 saturated heterocycles. The maximum absolute atomic E-state index is 12.7. The maximum Gasteiger partial charge on any atom is 0.271 e. The van der Waals surface area contributed by atoms with Crippen molar-refractivity contribution < 1.29 is 18.1 Å². The van der Waals surface area contributed by atoms with Gasteiger partial charge in [-0.2, -0.15) is 0 Å². The highest BCUT2D eigenvalue weighted by molar-refractivity contribution is 7.92. The zero-order valence-corrected chi connectivity index (χ0v) is 17.1. The summed E-state index contributed by atoms with van der Waals surface area (Å²) in [5.41, 5.74) is 1.98. The third-order valence-corrected chi connectivity index (χ3v) is 5.85. The van der Waals surface area contributed by atoms with Gasteiger partial charge in [-0.15, -0.1) is 0 Å². The van der Waals surface area contributed by atoms with Gasteiger partial charge in [-0.25, -0.2) is 8.42 Å².